The molecule has 0 saturated carbocycles. The van der Waals surface area contributed by atoms with Gasteiger partial charge >= 0.3 is 0 Å². The molecule has 1 aromatic carbocycles. The lowest BCUT2D eigenvalue weighted by molar-refractivity contribution is 0.586. The maximum Gasteiger partial charge on any atom is 0.178 e. The largest absolute Gasteiger partial charge is 0.250 e. The first-order valence-electron chi connectivity index (χ1n) is 6.49. The Morgan fingerprint density at radius 1 is 1.15 bits per heavy atom. The number of nitrogens with zero attached hydrogens (tertiary/aromatic N) is 1. The Labute approximate surface area is 124 Å². The van der Waals surface area contributed by atoms with E-state index in [4.69, 9.17) is 0 Å². The molecule has 0 radical (unpaired) electrons. The topological polar surface area (TPSA) is 47.0 Å². The number of hydrogen-bond acceptors (Lipinski definition) is 4. The number of sulfone groups is 1. The highest BCUT2D eigenvalue weighted by Gasteiger charge is 2.18. The van der Waals surface area contributed by atoms with Gasteiger partial charge in [0, 0.05) is 11.8 Å². The van der Waals surface area contributed by atoms with Gasteiger partial charge in [0.2, 0.25) is 0 Å². The van der Waals surface area contributed by atoms with E-state index in [1.54, 1.807) is 17.6 Å². The third-order valence-corrected chi connectivity index (χ3v) is 5.56. The van der Waals surface area contributed by atoms with Crippen LogP contribution < -0.4 is 0 Å². The van der Waals surface area contributed by atoms with E-state index < -0.39 is 9.84 Å². The SMILES string of the molecule is CC(C)(C)c1ccc(S(=O)(=O)CCc2cscn2)cc1. The van der Waals surface area contributed by atoms with E-state index in [-0.39, 0.29) is 11.2 Å². The van der Waals surface area contributed by atoms with Crippen LogP contribution >= 0.6 is 11.3 Å². The van der Waals surface area contributed by atoms with Crippen molar-refractivity contribution < 1.29 is 8.42 Å². The monoisotopic (exact) mass is 309 g/mol. The predicted molar refractivity (Wildman–Crippen MR) is 83.0 cm³/mol. The molecule has 0 aliphatic heterocycles. The van der Waals surface area contributed by atoms with Crippen molar-refractivity contribution in [3.05, 3.63) is 46.4 Å². The number of benzene rings is 1. The lowest BCUT2D eigenvalue weighted by Crippen LogP contribution is -2.13. The van der Waals surface area contributed by atoms with Crippen LogP contribution in [0.25, 0.3) is 0 Å². The minimum atomic E-state index is -3.23. The van der Waals surface area contributed by atoms with Crippen molar-refractivity contribution in [3.8, 4) is 0 Å². The molecule has 0 fully saturated rings. The summed E-state index contributed by atoms with van der Waals surface area (Å²) >= 11 is 1.48. The number of thiazole rings is 1. The highest BCUT2D eigenvalue weighted by Crippen LogP contribution is 2.24. The van der Waals surface area contributed by atoms with Crippen LogP contribution in [0.3, 0.4) is 0 Å². The maximum absolute atomic E-state index is 12.3. The van der Waals surface area contributed by atoms with Crippen LogP contribution in [-0.2, 0) is 21.7 Å². The molecule has 0 amide bonds. The van der Waals surface area contributed by atoms with Crippen LogP contribution in [0.5, 0.6) is 0 Å². The number of hydrogen-bond donors (Lipinski definition) is 0. The second kappa shape index (κ2) is 5.66. The number of aryl methyl sites for hydroxylation is 1. The molecule has 1 aromatic heterocycles. The summed E-state index contributed by atoms with van der Waals surface area (Å²) in [6.07, 6.45) is 0.465. The molecule has 0 saturated heterocycles. The molecule has 0 unspecified atom stereocenters. The number of rotatable bonds is 4. The fraction of sp³-hybridized carbons (Fsp3) is 0.400. The summed E-state index contributed by atoms with van der Waals surface area (Å²) in [5.41, 5.74) is 3.73. The molecule has 2 rings (SSSR count). The normalized spacial score (nSPS) is 12.6. The standard InChI is InChI=1S/C15H19NO2S2/c1-15(2,3)12-4-6-14(7-5-12)20(17,18)9-8-13-10-19-11-16-13/h4-7,10-11H,8-9H2,1-3H3. The van der Waals surface area contributed by atoms with E-state index >= 15 is 0 Å². The Bertz CT molecular complexity index is 651. The predicted octanol–water partition coefficient (Wildman–Crippen LogP) is 3.46. The Morgan fingerprint density at radius 3 is 2.30 bits per heavy atom. The summed E-state index contributed by atoms with van der Waals surface area (Å²) < 4.78 is 24.5. The fourth-order valence-corrected chi connectivity index (χ4v) is 3.74. The molecule has 0 atom stereocenters. The lowest BCUT2D eigenvalue weighted by atomic mass is 9.87. The molecular formula is C15H19NO2S2. The van der Waals surface area contributed by atoms with E-state index in [0.717, 1.165) is 11.3 Å². The van der Waals surface area contributed by atoms with E-state index in [1.165, 1.54) is 11.3 Å². The molecule has 20 heavy (non-hydrogen) atoms. The Balaban J connectivity index is 2.13. The van der Waals surface area contributed by atoms with Crippen molar-refractivity contribution in [1.82, 2.24) is 4.98 Å². The second-order valence-electron chi connectivity index (χ2n) is 5.82. The Morgan fingerprint density at radius 2 is 1.80 bits per heavy atom. The quantitative estimate of drug-likeness (QED) is 0.869. The zero-order valence-corrected chi connectivity index (χ0v) is 13.6. The van der Waals surface area contributed by atoms with Gasteiger partial charge in [-0.3, -0.25) is 0 Å². The van der Waals surface area contributed by atoms with Gasteiger partial charge in [0.1, 0.15) is 0 Å². The van der Waals surface area contributed by atoms with Crippen LogP contribution in [-0.4, -0.2) is 19.2 Å². The van der Waals surface area contributed by atoms with Gasteiger partial charge in [-0.1, -0.05) is 32.9 Å². The molecule has 0 aliphatic carbocycles. The van der Waals surface area contributed by atoms with E-state index in [0.29, 0.717) is 11.3 Å². The Kier molecular flexibility index (Phi) is 4.30. The zero-order valence-electron chi connectivity index (χ0n) is 12.0. The zero-order chi connectivity index (χ0) is 14.8. The van der Waals surface area contributed by atoms with Crippen molar-refractivity contribution in [2.24, 2.45) is 0 Å². The summed E-state index contributed by atoms with van der Waals surface area (Å²) in [5, 5.41) is 1.89. The summed E-state index contributed by atoms with van der Waals surface area (Å²) in [5.74, 6) is 0.103. The van der Waals surface area contributed by atoms with Gasteiger partial charge in [-0.2, -0.15) is 0 Å². The van der Waals surface area contributed by atoms with Crippen LogP contribution in [0.15, 0.2) is 40.1 Å². The van der Waals surface area contributed by atoms with Gasteiger partial charge in [0.15, 0.2) is 9.84 Å². The first kappa shape index (κ1) is 15.2. The molecule has 5 heteroatoms. The van der Waals surface area contributed by atoms with Gasteiger partial charge < -0.3 is 0 Å². The van der Waals surface area contributed by atoms with E-state index in [1.807, 2.05) is 17.5 Å². The van der Waals surface area contributed by atoms with Gasteiger partial charge in [0.05, 0.1) is 21.9 Å². The lowest BCUT2D eigenvalue weighted by Gasteiger charge is -2.19. The molecule has 1 heterocycles. The van der Waals surface area contributed by atoms with E-state index in [9.17, 15) is 8.42 Å². The highest BCUT2D eigenvalue weighted by atomic mass is 32.2. The van der Waals surface area contributed by atoms with Gasteiger partial charge in [-0.25, -0.2) is 13.4 Å². The molecule has 0 aliphatic rings. The molecule has 108 valence electrons. The summed E-state index contributed by atoms with van der Waals surface area (Å²) in [7, 11) is -3.23. The van der Waals surface area contributed by atoms with Crippen LogP contribution in [0.1, 0.15) is 32.0 Å². The first-order valence-corrected chi connectivity index (χ1v) is 9.09. The minimum absolute atomic E-state index is 0.0306. The maximum atomic E-state index is 12.3. The summed E-state index contributed by atoms with van der Waals surface area (Å²) in [6.45, 7) is 6.33. The van der Waals surface area contributed by atoms with Gasteiger partial charge in [0.25, 0.3) is 0 Å². The van der Waals surface area contributed by atoms with Crippen molar-refractivity contribution in [2.75, 3.05) is 5.75 Å². The van der Waals surface area contributed by atoms with Crippen molar-refractivity contribution in [1.29, 1.82) is 0 Å². The molecule has 3 nitrogen and oxygen atoms in total. The molecular weight excluding hydrogens is 290 g/mol. The van der Waals surface area contributed by atoms with Crippen molar-refractivity contribution >= 4 is 21.2 Å². The third-order valence-electron chi connectivity index (χ3n) is 3.19. The van der Waals surface area contributed by atoms with Gasteiger partial charge in [-0.15, -0.1) is 11.3 Å². The van der Waals surface area contributed by atoms with E-state index in [2.05, 4.69) is 25.8 Å². The van der Waals surface area contributed by atoms with Crippen molar-refractivity contribution in [3.63, 3.8) is 0 Å². The minimum Gasteiger partial charge on any atom is -0.250 e. The van der Waals surface area contributed by atoms with Crippen molar-refractivity contribution in [2.45, 2.75) is 37.5 Å². The average molecular weight is 309 g/mol. The van der Waals surface area contributed by atoms with Crippen LogP contribution in [0.2, 0.25) is 0 Å². The van der Waals surface area contributed by atoms with Crippen LogP contribution in [0.4, 0.5) is 0 Å². The fourth-order valence-electron chi connectivity index (χ4n) is 1.88. The molecule has 0 spiro atoms. The van der Waals surface area contributed by atoms with Crippen LogP contribution in [0, 0.1) is 0 Å². The molecule has 0 bridgehead atoms. The Hall–Kier alpha value is -1.20. The van der Waals surface area contributed by atoms with Gasteiger partial charge in [-0.05, 0) is 23.1 Å². The highest BCUT2D eigenvalue weighted by molar-refractivity contribution is 7.91. The average Bonchev–Trinajstić information content (AvgIpc) is 2.89. The molecule has 2 aromatic rings. The molecule has 0 N–H and O–H groups in total. The number of aromatic nitrogens is 1. The smallest absolute Gasteiger partial charge is 0.178 e. The second-order valence-corrected chi connectivity index (χ2v) is 8.65. The summed E-state index contributed by atoms with van der Waals surface area (Å²) in [4.78, 5) is 4.50. The first-order chi connectivity index (χ1) is 9.29. The third kappa shape index (κ3) is 3.67. The summed E-state index contributed by atoms with van der Waals surface area (Å²) in [6, 6.07) is 7.21.